The Balaban J connectivity index is 1.93. The number of fused-ring (bicyclic) bond motifs is 1. The van der Waals surface area contributed by atoms with Gasteiger partial charge >= 0.3 is 0 Å². The average Bonchev–Trinajstić information content (AvgIpc) is 2.88. The highest BCUT2D eigenvalue weighted by Crippen LogP contribution is 2.08. The van der Waals surface area contributed by atoms with E-state index in [1.165, 1.54) is 21.9 Å². The maximum Gasteiger partial charge on any atom is 0.271 e. The zero-order valence-electron chi connectivity index (χ0n) is 10.6. The van der Waals surface area contributed by atoms with Crippen LogP contribution in [0.1, 0.15) is 10.4 Å². The lowest BCUT2D eigenvalue weighted by molar-refractivity contribution is 0.0661. The standard InChI is InChI=1S/C12H14N4O2S/c1-14-2-4-15(5-3-14)10(17)9-8-13-12-16(11(9)18)6-7-19-12/h6-8H,2-5H2,1H3. The fourth-order valence-electron chi connectivity index (χ4n) is 2.15. The van der Waals surface area contributed by atoms with Crippen molar-refractivity contribution in [1.29, 1.82) is 0 Å². The van der Waals surface area contributed by atoms with E-state index in [-0.39, 0.29) is 17.0 Å². The number of piperazine rings is 1. The highest BCUT2D eigenvalue weighted by molar-refractivity contribution is 7.15. The highest BCUT2D eigenvalue weighted by atomic mass is 32.1. The van der Waals surface area contributed by atoms with Gasteiger partial charge in [-0.25, -0.2) is 4.98 Å². The Morgan fingerprint density at radius 2 is 2.05 bits per heavy atom. The van der Waals surface area contributed by atoms with Crippen molar-refractivity contribution in [2.45, 2.75) is 0 Å². The number of likely N-dealkylation sites (N-methyl/N-ethyl adjacent to an activating group) is 1. The smallest absolute Gasteiger partial charge is 0.271 e. The molecule has 0 unspecified atom stereocenters. The minimum absolute atomic E-state index is 0.153. The quantitative estimate of drug-likeness (QED) is 0.745. The molecule has 0 atom stereocenters. The van der Waals surface area contributed by atoms with Gasteiger partial charge in [0.2, 0.25) is 0 Å². The lowest BCUT2D eigenvalue weighted by Gasteiger charge is -2.32. The predicted molar refractivity (Wildman–Crippen MR) is 72.7 cm³/mol. The number of carbonyl (C=O) groups excluding carboxylic acids is 1. The number of amides is 1. The van der Waals surface area contributed by atoms with Gasteiger partial charge < -0.3 is 9.80 Å². The maximum atomic E-state index is 12.4. The number of nitrogens with zero attached hydrogens (tertiary/aromatic N) is 4. The molecule has 0 N–H and O–H groups in total. The van der Waals surface area contributed by atoms with Gasteiger partial charge in [-0.3, -0.25) is 14.0 Å². The Morgan fingerprint density at radius 3 is 2.79 bits per heavy atom. The second-order valence-electron chi connectivity index (χ2n) is 4.63. The summed E-state index contributed by atoms with van der Waals surface area (Å²) in [4.78, 5) is 33.2. The number of hydrogen-bond acceptors (Lipinski definition) is 5. The van der Waals surface area contributed by atoms with Crippen LogP contribution in [0.4, 0.5) is 0 Å². The van der Waals surface area contributed by atoms with Crippen LogP contribution in [0.3, 0.4) is 0 Å². The molecule has 1 aliphatic heterocycles. The molecule has 0 bridgehead atoms. The Hall–Kier alpha value is -1.73. The van der Waals surface area contributed by atoms with Gasteiger partial charge in [0.25, 0.3) is 11.5 Å². The molecule has 0 aliphatic carbocycles. The van der Waals surface area contributed by atoms with Gasteiger partial charge in [-0.1, -0.05) is 0 Å². The third-order valence-electron chi connectivity index (χ3n) is 3.36. The summed E-state index contributed by atoms with van der Waals surface area (Å²) in [6, 6.07) is 0. The van der Waals surface area contributed by atoms with Crippen molar-refractivity contribution in [3.63, 3.8) is 0 Å². The number of hydrogen-bond donors (Lipinski definition) is 0. The first-order valence-electron chi connectivity index (χ1n) is 6.09. The number of aromatic nitrogens is 2. The van der Waals surface area contributed by atoms with Gasteiger partial charge in [0.1, 0.15) is 5.56 Å². The summed E-state index contributed by atoms with van der Waals surface area (Å²) in [5, 5.41) is 1.79. The summed E-state index contributed by atoms with van der Waals surface area (Å²) < 4.78 is 1.42. The van der Waals surface area contributed by atoms with Crippen LogP contribution in [-0.2, 0) is 0 Å². The van der Waals surface area contributed by atoms with E-state index < -0.39 is 0 Å². The second kappa shape index (κ2) is 4.75. The summed E-state index contributed by atoms with van der Waals surface area (Å²) in [7, 11) is 2.02. The first-order chi connectivity index (χ1) is 9.16. The van der Waals surface area contributed by atoms with Gasteiger partial charge in [-0.05, 0) is 7.05 Å². The van der Waals surface area contributed by atoms with Crippen LogP contribution in [0.5, 0.6) is 0 Å². The maximum absolute atomic E-state index is 12.4. The average molecular weight is 278 g/mol. The van der Waals surface area contributed by atoms with E-state index in [4.69, 9.17) is 0 Å². The van der Waals surface area contributed by atoms with E-state index >= 15 is 0 Å². The van der Waals surface area contributed by atoms with E-state index in [1.54, 1.807) is 16.5 Å². The van der Waals surface area contributed by atoms with E-state index in [1.807, 2.05) is 7.05 Å². The minimum atomic E-state index is -0.282. The molecule has 2 aromatic rings. The van der Waals surface area contributed by atoms with Gasteiger partial charge in [0, 0.05) is 44.0 Å². The van der Waals surface area contributed by atoms with Gasteiger partial charge in [0.05, 0.1) is 0 Å². The van der Waals surface area contributed by atoms with E-state index in [9.17, 15) is 9.59 Å². The van der Waals surface area contributed by atoms with Crippen molar-refractivity contribution in [2.75, 3.05) is 33.2 Å². The van der Waals surface area contributed by atoms with E-state index in [0.29, 0.717) is 18.1 Å². The van der Waals surface area contributed by atoms with Crippen LogP contribution in [0, 0.1) is 0 Å². The molecule has 100 valence electrons. The van der Waals surface area contributed by atoms with Crippen LogP contribution in [0.15, 0.2) is 22.6 Å². The summed E-state index contributed by atoms with van der Waals surface area (Å²) in [6.45, 7) is 2.98. The topological polar surface area (TPSA) is 57.9 Å². The summed E-state index contributed by atoms with van der Waals surface area (Å²) >= 11 is 1.38. The Labute approximate surface area is 113 Å². The Kier molecular flexibility index (Phi) is 3.08. The van der Waals surface area contributed by atoms with Crippen molar-refractivity contribution < 1.29 is 4.79 Å². The van der Waals surface area contributed by atoms with Crippen LogP contribution >= 0.6 is 11.3 Å². The zero-order valence-corrected chi connectivity index (χ0v) is 11.4. The molecule has 0 aromatic carbocycles. The molecular formula is C12H14N4O2S. The predicted octanol–water partition coefficient (Wildman–Crippen LogP) is 0.144. The van der Waals surface area contributed by atoms with Gasteiger partial charge in [-0.15, -0.1) is 11.3 Å². The fourth-order valence-corrected chi connectivity index (χ4v) is 2.83. The zero-order chi connectivity index (χ0) is 13.4. The molecule has 0 spiro atoms. The van der Waals surface area contributed by atoms with Crippen molar-refractivity contribution in [3.05, 3.63) is 33.7 Å². The highest BCUT2D eigenvalue weighted by Gasteiger charge is 2.23. The van der Waals surface area contributed by atoms with E-state index in [0.717, 1.165) is 13.1 Å². The largest absolute Gasteiger partial charge is 0.336 e. The molecule has 1 amide bonds. The number of rotatable bonds is 1. The van der Waals surface area contributed by atoms with Crippen LogP contribution in [-0.4, -0.2) is 58.3 Å². The van der Waals surface area contributed by atoms with Gasteiger partial charge in [-0.2, -0.15) is 0 Å². The first kappa shape index (κ1) is 12.3. The summed E-state index contributed by atoms with van der Waals surface area (Å²) in [5.74, 6) is -0.216. The molecule has 0 radical (unpaired) electrons. The van der Waals surface area contributed by atoms with Crippen LogP contribution in [0.25, 0.3) is 4.96 Å². The molecule has 0 saturated carbocycles. The lowest BCUT2D eigenvalue weighted by Crippen LogP contribution is -2.48. The van der Waals surface area contributed by atoms with Crippen LogP contribution in [0.2, 0.25) is 0 Å². The lowest BCUT2D eigenvalue weighted by atomic mass is 10.2. The minimum Gasteiger partial charge on any atom is -0.336 e. The van der Waals surface area contributed by atoms with Crippen molar-refractivity contribution in [3.8, 4) is 0 Å². The fraction of sp³-hybridized carbons (Fsp3) is 0.417. The molecule has 3 rings (SSSR count). The first-order valence-corrected chi connectivity index (χ1v) is 6.97. The number of thiazole rings is 1. The van der Waals surface area contributed by atoms with Crippen molar-refractivity contribution in [1.82, 2.24) is 19.2 Å². The third-order valence-corrected chi connectivity index (χ3v) is 4.13. The third kappa shape index (κ3) is 2.15. The van der Waals surface area contributed by atoms with Crippen LogP contribution < -0.4 is 5.56 Å². The molecule has 2 aromatic heterocycles. The summed E-state index contributed by atoms with van der Waals surface area (Å²) in [5.41, 5.74) is -0.129. The summed E-state index contributed by atoms with van der Waals surface area (Å²) in [6.07, 6.45) is 3.05. The molecule has 1 fully saturated rings. The Bertz CT molecular complexity index is 670. The number of carbonyl (C=O) groups is 1. The van der Waals surface area contributed by atoms with Gasteiger partial charge in [0.15, 0.2) is 4.96 Å². The molecule has 7 heteroatoms. The SMILES string of the molecule is CN1CCN(C(=O)c2cnc3sccn3c2=O)CC1. The molecule has 1 aliphatic rings. The normalized spacial score (nSPS) is 17.0. The molecule has 1 saturated heterocycles. The van der Waals surface area contributed by atoms with Crippen molar-refractivity contribution in [2.24, 2.45) is 0 Å². The molecular weight excluding hydrogens is 264 g/mol. The molecule has 19 heavy (non-hydrogen) atoms. The Morgan fingerprint density at radius 1 is 1.32 bits per heavy atom. The monoisotopic (exact) mass is 278 g/mol. The van der Waals surface area contributed by atoms with E-state index in [2.05, 4.69) is 9.88 Å². The second-order valence-corrected chi connectivity index (χ2v) is 5.50. The molecule has 3 heterocycles. The van der Waals surface area contributed by atoms with Crippen molar-refractivity contribution >= 4 is 22.2 Å². The molecule has 6 nitrogen and oxygen atoms in total.